The van der Waals surface area contributed by atoms with Crippen LogP contribution in [0.15, 0.2) is 0 Å². The van der Waals surface area contributed by atoms with Gasteiger partial charge in [-0.2, -0.15) is 0 Å². The van der Waals surface area contributed by atoms with Crippen molar-refractivity contribution in [3.8, 4) is 0 Å². The average Bonchev–Trinajstić information content (AvgIpc) is 3.39. The molecule has 4 nitrogen and oxygen atoms in total. The van der Waals surface area contributed by atoms with Gasteiger partial charge in [-0.3, -0.25) is 14.7 Å². The Morgan fingerprint density at radius 1 is 0.250 bits per heavy atom. The molecule has 0 spiro atoms. The zero-order valence-corrected chi connectivity index (χ0v) is 51.2. The summed E-state index contributed by atoms with van der Waals surface area (Å²) in [6, 6.07) is 0. The highest BCUT2D eigenvalue weighted by Crippen LogP contribution is 2.22. The largest absolute Gasteiger partial charge is 0.302 e. The molecule has 0 aromatic rings. The molecule has 0 aromatic heterocycles. The first-order chi connectivity index (χ1) is 35.7. The third-order valence-corrected chi connectivity index (χ3v) is 17.3. The van der Waals surface area contributed by atoms with E-state index in [1.54, 1.807) is 0 Å². The summed E-state index contributed by atoms with van der Waals surface area (Å²) in [7, 11) is 0. The van der Waals surface area contributed by atoms with Crippen LogP contribution in [0, 0.1) is 0 Å². The van der Waals surface area contributed by atoms with Crippen LogP contribution in [0.25, 0.3) is 0 Å². The monoisotopic (exact) mass is 1010 g/mol. The molecule has 1 aliphatic heterocycles. The molecular weight excluding hydrogens is 873 g/mol. The summed E-state index contributed by atoms with van der Waals surface area (Å²) >= 11 is 0. The van der Waals surface area contributed by atoms with Crippen LogP contribution in [0.5, 0.6) is 0 Å². The van der Waals surface area contributed by atoms with Crippen molar-refractivity contribution < 1.29 is 0 Å². The maximum atomic E-state index is 3.06. The minimum Gasteiger partial charge on any atom is -0.302 e. The second-order valence-electron chi connectivity index (χ2n) is 24.3. The van der Waals surface area contributed by atoms with Gasteiger partial charge in [0.1, 0.15) is 0 Å². The molecule has 0 aliphatic carbocycles. The number of hydrogen-bond acceptors (Lipinski definition) is 4. The molecule has 1 fully saturated rings. The van der Waals surface area contributed by atoms with Crippen molar-refractivity contribution in [1.82, 2.24) is 19.6 Å². The van der Waals surface area contributed by atoms with Gasteiger partial charge in [0.05, 0.1) is 6.17 Å². The predicted molar refractivity (Wildman–Crippen MR) is 328 cm³/mol. The maximum Gasteiger partial charge on any atom is 0.0754 e. The summed E-state index contributed by atoms with van der Waals surface area (Å²) in [5, 5.41) is 0. The lowest BCUT2D eigenvalue weighted by atomic mass is 10.0. The number of nitrogens with zero attached hydrogens (tertiary/aromatic N) is 4. The molecule has 1 unspecified atom stereocenters. The molecule has 0 bridgehead atoms. The minimum absolute atomic E-state index is 0.612. The van der Waals surface area contributed by atoms with E-state index in [4.69, 9.17) is 0 Å². The third-order valence-electron chi connectivity index (χ3n) is 17.3. The first-order valence-corrected chi connectivity index (χ1v) is 34.6. The average molecular weight is 1010 g/mol. The van der Waals surface area contributed by atoms with Crippen LogP contribution in [-0.2, 0) is 0 Å². The highest BCUT2D eigenvalue weighted by atomic mass is 15.4. The van der Waals surface area contributed by atoms with Crippen LogP contribution < -0.4 is 0 Å². The molecule has 432 valence electrons. The van der Waals surface area contributed by atoms with Crippen molar-refractivity contribution >= 4 is 0 Å². The van der Waals surface area contributed by atoms with Crippen molar-refractivity contribution in [1.29, 1.82) is 0 Å². The molecule has 0 saturated carbocycles. The van der Waals surface area contributed by atoms with E-state index in [0.717, 1.165) is 0 Å². The lowest BCUT2D eigenvalue weighted by Gasteiger charge is -2.47. The number of piperazine rings is 1. The Labute approximate surface area is 457 Å². The third kappa shape index (κ3) is 47.1. The van der Waals surface area contributed by atoms with E-state index in [1.165, 1.54) is 399 Å². The quantitative estimate of drug-likeness (QED) is 0.0563. The Kier molecular flexibility index (Phi) is 56.8. The summed E-state index contributed by atoms with van der Waals surface area (Å²) in [5.74, 6) is 0. The van der Waals surface area contributed by atoms with Gasteiger partial charge in [0.15, 0.2) is 0 Å². The highest BCUT2D eigenvalue weighted by Gasteiger charge is 2.31. The Morgan fingerprint density at radius 2 is 0.500 bits per heavy atom. The van der Waals surface area contributed by atoms with E-state index in [0.29, 0.717) is 6.17 Å². The van der Waals surface area contributed by atoms with E-state index >= 15 is 0 Å². The van der Waals surface area contributed by atoms with Gasteiger partial charge in [0, 0.05) is 32.7 Å². The first kappa shape index (κ1) is 69.9. The maximum absolute atomic E-state index is 3.06. The normalized spacial score (nSPS) is 14.8. The van der Waals surface area contributed by atoms with Gasteiger partial charge in [-0.1, -0.05) is 336 Å². The van der Waals surface area contributed by atoms with Gasteiger partial charge >= 0.3 is 0 Å². The standard InChI is InChI=1S/C68H140N4/c1-6-11-16-21-26-31-36-39-44-49-54-59-69(58-53-48-43-38-33-28-23-18-13-8-3)63-64-70-65-66-72(62-57-52-47-41-35-30-25-20-15-10-5)68(67-70)71(60-55-50-45-40-34-29-24-19-14-9-4)61-56-51-46-42-37-32-27-22-17-12-7-2/h68H,6-67H2,1-5H3. The van der Waals surface area contributed by atoms with Crippen LogP contribution in [-0.4, -0.2) is 91.2 Å². The fourth-order valence-electron chi connectivity index (χ4n) is 12.1. The van der Waals surface area contributed by atoms with Crippen molar-refractivity contribution in [2.24, 2.45) is 0 Å². The minimum atomic E-state index is 0.612. The molecular formula is C68H140N4. The Balaban J connectivity index is 2.95. The lowest BCUT2D eigenvalue weighted by Crippen LogP contribution is -2.61. The van der Waals surface area contributed by atoms with Gasteiger partial charge in [0.2, 0.25) is 0 Å². The van der Waals surface area contributed by atoms with E-state index < -0.39 is 0 Å². The summed E-state index contributed by atoms with van der Waals surface area (Å²) < 4.78 is 0. The van der Waals surface area contributed by atoms with E-state index in [1.807, 2.05) is 0 Å². The molecule has 0 aromatic carbocycles. The van der Waals surface area contributed by atoms with Crippen LogP contribution in [0.4, 0.5) is 0 Å². The second kappa shape index (κ2) is 58.5. The Morgan fingerprint density at radius 3 is 0.792 bits per heavy atom. The molecule has 1 aliphatic rings. The topological polar surface area (TPSA) is 13.0 Å². The lowest BCUT2D eigenvalue weighted by molar-refractivity contribution is -0.0267. The van der Waals surface area contributed by atoms with Crippen molar-refractivity contribution in [2.75, 3.05) is 65.4 Å². The molecule has 0 radical (unpaired) electrons. The fourth-order valence-corrected chi connectivity index (χ4v) is 12.1. The van der Waals surface area contributed by atoms with Crippen LogP contribution in [0.1, 0.15) is 369 Å². The molecule has 0 N–H and O–H groups in total. The zero-order valence-electron chi connectivity index (χ0n) is 51.2. The SMILES string of the molecule is CCCCCCCCCCCCCN(CCCCCCCCCCCC)CCN1CCN(CCCCCCCCCCCC)C(N(CCCCCCCCCCCC)CCCCCCCCCCCCC)C1. The molecule has 1 rings (SSSR count). The molecule has 1 saturated heterocycles. The van der Waals surface area contributed by atoms with E-state index in [-0.39, 0.29) is 0 Å². The van der Waals surface area contributed by atoms with Gasteiger partial charge in [-0.05, 0) is 64.8 Å². The smallest absolute Gasteiger partial charge is 0.0754 e. The molecule has 1 atom stereocenters. The van der Waals surface area contributed by atoms with Crippen molar-refractivity contribution in [3.63, 3.8) is 0 Å². The molecule has 1 heterocycles. The zero-order chi connectivity index (χ0) is 51.7. The summed E-state index contributed by atoms with van der Waals surface area (Å²) in [6.45, 7) is 24.8. The first-order valence-electron chi connectivity index (χ1n) is 34.6. The second-order valence-corrected chi connectivity index (χ2v) is 24.3. The number of rotatable bonds is 61. The Bertz CT molecular complexity index is 987. The van der Waals surface area contributed by atoms with Gasteiger partial charge < -0.3 is 4.90 Å². The van der Waals surface area contributed by atoms with Crippen LogP contribution >= 0.6 is 0 Å². The van der Waals surface area contributed by atoms with Gasteiger partial charge in [0.25, 0.3) is 0 Å². The summed E-state index contributed by atoms with van der Waals surface area (Å²) in [6.07, 6.45) is 75.6. The van der Waals surface area contributed by atoms with Crippen LogP contribution in [0.2, 0.25) is 0 Å². The summed E-state index contributed by atoms with van der Waals surface area (Å²) in [4.78, 5) is 12.0. The van der Waals surface area contributed by atoms with Crippen molar-refractivity contribution in [3.05, 3.63) is 0 Å². The highest BCUT2D eigenvalue weighted by molar-refractivity contribution is 4.84. The Hall–Kier alpha value is -0.160. The van der Waals surface area contributed by atoms with Crippen molar-refractivity contribution in [2.45, 2.75) is 375 Å². The fraction of sp³-hybridized carbons (Fsp3) is 1.00. The summed E-state index contributed by atoms with van der Waals surface area (Å²) in [5.41, 5.74) is 0. The van der Waals surface area contributed by atoms with Gasteiger partial charge in [-0.15, -0.1) is 0 Å². The van der Waals surface area contributed by atoms with E-state index in [2.05, 4.69) is 54.2 Å². The molecule has 4 heteroatoms. The molecule has 0 amide bonds. The molecule has 72 heavy (non-hydrogen) atoms. The van der Waals surface area contributed by atoms with E-state index in [9.17, 15) is 0 Å². The number of hydrogen-bond donors (Lipinski definition) is 0. The number of unbranched alkanes of at least 4 members (excludes halogenated alkanes) is 47. The van der Waals surface area contributed by atoms with Crippen LogP contribution in [0.3, 0.4) is 0 Å². The van der Waals surface area contributed by atoms with Gasteiger partial charge in [-0.25, -0.2) is 0 Å². The predicted octanol–water partition coefficient (Wildman–Crippen LogP) is 21.9.